The number of hydrogen-bond acceptors (Lipinski definition) is 3. The number of benzene rings is 1. The van der Waals surface area contributed by atoms with Crippen molar-refractivity contribution in [3.8, 4) is 5.69 Å². The van der Waals surface area contributed by atoms with E-state index < -0.39 is 0 Å². The van der Waals surface area contributed by atoms with Gasteiger partial charge in [-0.1, -0.05) is 12.1 Å². The van der Waals surface area contributed by atoms with Crippen LogP contribution in [0, 0.1) is 0 Å². The summed E-state index contributed by atoms with van der Waals surface area (Å²) in [5, 5.41) is 4.10. The predicted octanol–water partition coefficient (Wildman–Crippen LogP) is 0.913. The zero-order chi connectivity index (χ0) is 9.97. The van der Waals surface area contributed by atoms with Crippen LogP contribution in [0.5, 0.6) is 0 Å². The van der Waals surface area contributed by atoms with Crippen LogP contribution in [0.4, 0.5) is 5.69 Å². The van der Waals surface area contributed by atoms with E-state index in [4.69, 9.17) is 11.5 Å². The molecule has 0 spiro atoms. The highest BCUT2D eigenvalue weighted by molar-refractivity contribution is 5.39. The average Bonchev–Trinajstić information content (AvgIpc) is 2.65. The molecule has 0 saturated carbocycles. The molecule has 0 fully saturated rings. The molecule has 0 aliphatic carbocycles. The monoisotopic (exact) mass is 188 g/mol. The Morgan fingerprint density at radius 2 is 1.93 bits per heavy atom. The van der Waals surface area contributed by atoms with Crippen molar-refractivity contribution in [1.82, 2.24) is 9.78 Å². The summed E-state index contributed by atoms with van der Waals surface area (Å²) in [4.78, 5) is 0. The normalized spacial score (nSPS) is 10.4. The molecule has 0 unspecified atom stereocenters. The summed E-state index contributed by atoms with van der Waals surface area (Å²) in [5.41, 5.74) is 13.8. The number of nitrogens with two attached hydrogens (primary N) is 2. The Bertz CT molecular complexity index is 416. The molecule has 4 heteroatoms. The lowest BCUT2D eigenvalue weighted by molar-refractivity contribution is 0.879. The van der Waals surface area contributed by atoms with Gasteiger partial charge in [-0.3, -0.25) is 0 Å². The van der Waals surface area contributed by atoms with Crippen molar-refractivity contribution in [3.05, 3.63) is 42.2 Å². The third kappa shape index (κ3) is 1.60. The first-order valence-electron chi connectivity index (χ1n) is 4.39. The van der Waals surface area contributed by atoms with Gasteiger partial charge in [0.05, 0.1) is 23.8 Å². The third-order valence-electron chi connectivity index (χ3n) is 2.04. The second kappa shape index (κ2) is 3.51. The Labute approximate surface area is 82.1 Å². The average molecular weight is 188 g/mol. The number of anilines is 1. The summed E-state index contributed by atoms with van der Waals surface area (Å²) in [6.07, 6.45) is 3.40. The predicted molar refractivity (Wildman–Crippen MR) is 55.9 cm³/mol. The lowest BCUT2D eigenvalue weighted by Crippen LogP contribution is -1.98. The van der Waals surface area contributed by atoms with E-state index in [2.05, 4.69) is 5.10 Å². The second-order valence-corrected chi connectivity index (χ2v) is 3.09. The number of hydrogen-bond donors (Lipinski definition) is 2. The number of nitrogens with zero attached hydrogens (tertiary/aromatic N) is 2. The zero-order valence-electron chi connectivity index (χ0n) is 7.72. The van der Waals surface area contributed by atoms with Gasteiger partial charge in [-0.05, 0) is 17.7 Å². The molecule has 0 atom stereocenters. The van der Waals surface area contributed by atoms with Gasteiger partial charge in [0.1, 0.15) is 0 Å². The summed E-state index contributed by atoms with van der Waals surface area (Å²) in [5.74, 6) is 0. The number of nitrogen functional groups attached to an aromatic ring is 1. The van der Waals surface area contributed by atoms with E-state index in [-0.39, 0.29) is 0 Å². The van der Waals surface area contributed by atoms with Crippen LogP contribution in [-0.4, -0.2) is 9.78 Å². The highest BCUT2D eigenvalue weighted by Gasteiger charge is 1.97. The molecule has 0 radical (unpaired) electrons. The first-order chi connectivity index (χ1) is 6.79. The Balaban J connectivity index is 2.33. The fourth-order valence-corrected chi connectivity index (χ4v) is 1.26. The summed E-state index contributed by atoms with van der Waals surface area (Å²) in [6, 6.07) is 7.89. The van der Waals surface area contributed by atoms with E-state index >= 15 is 0 Å². The Hall–Kier alpha value is -1.81. The minimum atomic E-state index is 0.557. The van der Waals surface area contributed by atoms with E-state index in [0.717, 1.165) is 11.3 Å². The molecular weight excluding hydrogens is 176 g/mol. The molecule has 1 aromatic carbocycles. The maximum atomic E-state index is 5.57. The maximum absolute atomic E-state index is 5.57. The molecule has 0 saturated heterocycles. The van der Waals surface area contributed by atoms with Gasteiger partial charge in [-0.2, -0.15) is 5.10 Å². The molecule has 1 heterocycles. The van der Waals surface area contributed by atoms with E-state index in [9.17, 15) is 0 Å². The standard InChI is InChI=1S/C10H12N4/c11-5-8-1-3-10(4-2-8)14-7-9(12)6-13-14/h1-4,6-7H,5,11-12H2. The van der Waals surface area contributed by atoms with Crippen LogP contribution in [0.1, 0.15) is 5.56 Å². The molecule has 72 valence electrons. The molecule has 2 rings (SSSR count). The molecular formula is C10H12N4. The number of rotatable bonds is 2. The lowest BCUT2D eigenvalue weighted by atomic mass is 10.2. The van der Waals surface area contributed by atoms with Crippen molar-refractivity contribution >= 4 is 5.69 Å². The summed E-state index contributed by atoms with van der Waals surface area (Å²) in [6.45, 7) is 0.557. The van der Waals surface area contributed by atoms with Crippen molar-refractivity contribution in [3.63, 3.8) is 0 Å². The third-order valence-corrected chi connectivity index (χ3v) is 2.04. The van der Waals surface area contributed by atoms with Crippen LogP contribution < -0.4 is 11.5 Å². The van der Waals surface area contributed by atoms with Gasteiger partial charge >= 0.3 is 0 Å². The second-order valence-electron chi connectivity index (χ2n) is 3.09. The molecule has 2 aromatic rings. The molecule has 0 aliphatic heterocycles. The van der Waals surface area contributed by atoms with Gasteiger partial charge in [0.25, 0.3) is 0 Å². The van der Waals surface area contributed by atoms with Crippen molar-refractivity contribution in [2.45, 2.75) is 6.54 Å². The summed E-state index contributed by atoms with van der Waals surface area (Å²) in [7, 11) is 0. The van der Waals surface area contributed by atoms with Crippen molar-refractivity contribution in [2.75, 3.05) is 5.73 Å². The highest BCUT2D eigenvalue weighted by Crippen LogP contribution is 2.10. The minimum Gasteiger partial charge on any atom is -0.396 e. The first kappa shape index (κ1) is 8.77. The zero-order valence-corrected chi connectivity index (χ0v) is 7.72. The maximum Gasteiger partial charge on any atom is 0.0724 e. The SMILES string of the molecule is NCc1ccc(-n2cc(N)cn2)cc1. The van der Waals surface area contributed by atoms with Crippen LogP contribution in [0.2, 0.25) is 0 Å². The fraction of sp³-hybridized carbons (Fsp3) is 0.100. The molecule has 0 aliphatic rings. The van der Waals surface area contributed by atoms with Gasteiger partial charge in [0.2, 0.25) is 0 Å². The Morgan fingerprint density at radius 1 is 1.21 bits per heavy atom. The Morgan fingerprint density at radius 3 is 2.43 bits per heavy atom. The topological polar surface area (TPSA) is 69.9 Å². The fourth-order valence-electron chi connectivity index (χ4n) is 1.26. The van der Waals surface area contributed by atoms with Crippen molar-refractivity contribution < 1.29 is 0 Å². The Kier molecular flexibility index (Phi) is 2.20. The minimum absolute atomic E-state index is 0.557. The first-order valence-corrected chi connectivity index (χ1v) is 4.39. The smallest absolute Gasteiger partial charge is 0.0724 e. The van der Waals surface area contributed by atoms with Crippen LogP contribution >= 0.6 is 0 Å². The van der Waals surface area contributed by atoms with E-state index in [0.29, 0.717) is 12.2 Å². The molecule has 4 N–H and O–H groups in total. The highest BCUT2D eigenvalue weighted by atomic mass is 15.3. The van der Waals surface area contributed by atoms with Crippen molar-refractivity contribution in [2.24, 2.45) is 5.73 Å². The van der Waals surface area contributed by atoms with Gasteiger partial charge in [-0.25, -0.2) is 4.68 Å². The molecule has 1 aromatic heterocycles. The van der Waals surface area contributed by atoms with Crippen molar-refractivity contribution in [1.29, 1.82) is 0 Å². The van der Waals surface area contributed by atoms with E-state index in [1.807, 2.05) is 24.3 Å². The van der Waals surface area contributed by atoms with Crippen LogP contribution in [0.15, 0.2) is 36.7 Å². The van der Waals surface area contributed by atoms with Gasteiger partial charge < -0.3 is 11.5 Å². The number of aromatic nitrogens is 2. The van der Waals surface area contributed by atoms with E-state index in [1.54, 1.807) is 17.1 Å². The quantitative estimate of drug-likeness (QED) is 0.736. The van der Waals surface area contributed by atoms with Crippen LogP contribution in [0.25, 0.3) is 5.69 Å². The largest absolute Gasteiger partial charge is 0.396 e. The van der Waals surface area contributed by atoms with Gasteiger partial charge in [-0.15, -0.1) is 0 Å². The summed E-state index contributed by atoms with van der Waals surface area (Å²) >= 11 is 0. The molecule has 14 heavy (non-hydrogen) atoms. The van der Waals surface area contributed by atoms with Crippen LogP contribution in [0.3, 0.4) is 0 Å². The molecule has 0 amide bonds. The van der Waals surface area contributed by atoms with Gasteiger partial charge in [0, 0.05) is 6.54 Å². The van der Waals surface area contributed by atoms with E-state index in [1.165, 1.54) is 0 Å². The molecule has 0 bridgehead atoms. The lowest BCUT2D eigenvalue weighted by Gasteiger charge is -2.01. The van der Waals surface area contributed by atoms with Crippen LogP contribution in [-0.2, 0) is 6.54 Å². The van der Waals surface area contributed by atoms with Gasteiger partial charge in [0.15, 0.2) is 0 Å². The summed E-state index contributed by atoms with van der Waals surface area (Å²) < 4.78 is 1.73. The molecule has 4 nitrogen and oxygen atoms in total.